The summed E-state index contributed by atoms with van der Waals surface area (Å²) in [6, 6.07) is 3.30. The summed E-state index contributed by atoms with van der Waals surface area (Å²) in [6.45, 7) is 0.701. The van der Waals surface area contributed by atoms with Crippen molar-refractivity contribution in [3.05, 3.63) is 33.3 Å². The first-order valence-corrected chi connectivity index (χ1v) is 7.79. The maximum absolute atomic E-state index is 9.93. The van der Waals surface area contributed by atoms with E-state index >= 15 is 0 Å². The van der Waals surface area contributed by atoms with Gasteiger partial charge in [-0.15, -0.1) is 0 Å². The van der Waals surface area contributed by atoms with Crippen molar-refractivity contribution in [2.45, 2.75) is 18.9 Å². The maximum Gasteiger partial charge on any atom is 0.216 e. The van der Waals surface area contributed by atoms with Crippen molar-refractivity contribution in [2.75, 3.05) is 13.7 Å². The highest BCUT2D eigenvalue weighted by Gasteiger charge is 2.23. The number of aromatic amines is 1. The zero-order chi connectivity index (χ0) is 16.4. The number of rotatable bonds is 4. The van der Waals surface area contributed by atoms with Crippen LogP contribution in [0.5, 0.6) is 11.5 Å². The second-order valence-electron chi connectivity index (χ2n) is 4.96. The number of hydrogen-bond donors (Lipinski definition) is 2. The molecule has 1 fully saturated rings. The molecule has 122 valence electrons. The van der Waals surface area contributed by atoms with E-state index in [1.54, 1.807) is 12.1 Å². The molecule has 1 unspecified atom stereocenters. The van der Waals surface area contributed by atoms with Crippen LogP contribution in [0.1, 0.15) is 30.3 Å². The van der Waals surface area contributed by atoms with Gasteiger partial charge in [-0.2, -0.15) is 14.9 Å². The van der Waals surface area contributed by atoms with Crippen LogP contribution in [0.4, 0.5) is 0 Å². The molecule has 1 saturated heterocycles. The molecule has 1 aliphatic heterocycles. The summed E-state index contributed by atoms with van der Waals surface area (Å²) in [5.41, 5.74) is 0.534. The normalized spacial score (nSPS) is 17.9. The summed E-state index contributed by atoms with van der Waals surface area (Å²) in [5, 5.41) is 21.3. The van der Waals surface area contributed by atoms with Crippen molar-refractivity contribution in [1.29, 1.82) is 0 Å². The third-order valence-electron chi connectivity index (χ3n) is 3.53. The van der Waals surface area contributed by atoms with Gasteiger partial charge in [-0.1, -0.05) is 11.6 Å². The number of halogens is 1. The van der Waals surface area contributed by atoms with Crippen LogP contribution in [0.25, 0.3) is 0 Å². The van der Waals surface area contributed by atoms with Gasteiger partial charge in [-0.25, -0.2) is 0 Å². The van der Waals surface area contributed by atoms with E-state index in [9.17, 15) is 5.11 Å². The number of aromatic nitrogens is 3. The molecule has 1 aromatic carbocycles. The van der Waals surface area contributed by atoms with Crippen molar-refractivity contribution in [3.8, 4) is 11.5 Å². The first-order valence-electron chi connectivity index (χ1n) is 7.00. The standard InChI is InChI=1S/C14H15ClN4O3S/c1-21-9-5-4-8(11(15)12(9)20)7-16-19-13(17-18-14(19)23)10-3-2-6-22-10/h4-5,7,10,20H,2-3,6H2,1H3,(H,18,23)/b16-7-. The first kappa shape index (κ1) is 16.0. The first-order chi connectivity index (χ1) is 11.1. The monoisotopic (exact) mass is 354 g/mol. The molecule has 0 spiro atoms. The fourth-order valence-electron chi connectivity index (χ4n) is 2.35. The van der Waals surface area contributed by atoms with Crippen LogP contribution in [0.2, 0.25) is 5.02 Å². The van der Waals surface area contributed by atoms with E-state index in [-0.39, 0.29) is 16.9 Å². The van der Waals surface area contributed by atoms with Gasteiger partial charge in [0.1, 0.15) is 6.10 Å². The molecule has 0 saturated carbocycles. The zero-order valence-corrected chi connectivity index (χ0v) is 13.9. The highest BCUT2D eigenvalue weighted by molar-refractivity contribution is 7.71. The molecule has 0 amide bonds. The molecular weight excluding hydrogens is 340 g/mol. The number of hydrogen-bond acceptors (Lipinski definition) is 6. The highest BCUT2D eigenvalue weighted by Crippen LogP contribution is 2.35. The number of H-pyrrole nitrogens is 1. The number of nitrogens with zero attached hydrogens (tertiary/aromatic N) is 3. The molecule has 2 N–H and O–H groups in total. The fourth-order valence-corrected chi connectivity index (χ4v) is 2.74. The van der Waals surface area contributed by atoms with Gasteiger partial charge in [0.05, 0.1) is 18.3 Å². The number of ether oxygens (including phenoxy) is 2. The molecule has 2 heterocycles. The number of phenols is 1. The summed E-state index contributed by atoms with van der Waals surface area (Å²) in [4.78, 5) is 0. The minimum atomic E-state index is -0.131. The Morgan fingerprint density at radius 3 is 3.13 bits per heavy atom. The Hall–Kier alpha value is -1.90. The predicted molar refractivity (Wildman–Crippen MR) is 88.0 cm³/mol. The summed E-state index contributed by atoms with van der Waals surface area (Å²) in [7, 11) is 1.46. The van der Waals surface area contributed by atoms with Gasteiger partial charge in [0.25, 0.3) is 0 Å². The molecule has 3 rings (SSSR count). The molecule has 23 heavy (non-hydrogen) atoms. The molecule has 0 aliphatic carbocycles. The highest BCUT2D eigenvalue weighted by atomic mass is 35.5. The third-order valence-corrected chi connectivity index (χ3v) is 4.20. The lowest BCUT2D eigenvalue weighted by molar-refractivity contribution is 0.102. The predicted octanol–water partition coefficient (Wildman–Crippen LogP) is 3.04. The second-order valence-corrected chi connectivity index (χ2v) is 5.73. The summed E-state index contributed by atoms with van der Waals surface area (Å²) in [5.74, 6) is 0.790. The molecule has 1 atom stereocenters. The van der Waals surface area contributed by atoms with Gasteiger partial charge in [0.2, 0.25) is 4.77 Å². The van der Waals surface area contributed by atoms with Crippen LogP contribution in [0.15, 0.2) is 17.2 Å². The summed E-state index contributed by atoms with van der Waals surface area (Å²) >= 11 is 11.3. The van der Waals surface area contributed by atoms with E-state index in [1.807, 2.05) is 0 Å². The number of benzene rings is 1. The Morgan fingerprint density at radius 2 is 2.43 bits per heavy atom. The van der Waals surface area contributed by atoms with E-state index in [0.717, 1.165) is 12.8 Å². The largest absolute Gasteiger partial charge is 0.503 e. The van der Waals surface area contributed by atoms with Crippen LogP contribution < -0.4 is 4.74 Å². The molecular formula is C14H15ClN4O3S. The van der Waals surface area contributed by atoms with E-state index in [0.29, 0.717) is 28.5 Å². The van der Waals surface area contributed by atoms with E-state index in [1.165, 1.54) is 18.0 Å². The molecule has 2 aromatic rings. The van der Waals surface area contributed by atoms with Gasteiger partial charge in [0, 0.05) is 12.2 Å². The Bertz CT molecular complexity index is 796. The lowest BCUT2D eigenvalue weighted by Gasteiger charge is -2.08. The van der Waals surface area contributed by atoms with Crippen LogP contribution in [-0.2, 0) is 4.74 Å². The number of aromatic hydroxyl groups is 1. The topological polar surface area (TPSA) is 84.7 Å². The van der Waals surface area contributed by atoms with Gasteiger partial charge in [0.15, 0.2) is 17.3 Å². The van der Waals surface area contributed by atoms with E-state index in [4.69, 9.17) is 33.3 Å². The maximum atomic E-state index is 9.93. The molecule has 0 bridgehead atoms. The molecule has 0 radical (unpaired) electrons. The van der Waals surface area contributed by atoms with E-state index in [2.05, 4.69) is 15.3 Å². The van der Waals surface area contributed by atoms with Gasteiger partial charge < -0.3 is 14.6 Å². The van der Waals surface area contributed by atoms with Gasteiger partial charge in [-0.05, 0) is 37.2 Å². The Morgan fingerprint density at radius 1 is 1.61 bits per heavy atom. The minimum absolute atomic E-state index is 0.125. The third kappa shape index (κ3) is 3.10. The van der Waals surface area contributed by atoms with Crippen molar-refractivity contribution in [2.24, 2.45) is 5.10 Å². The van der Waals surface area contributed by atoms with Gasteiger partial charge in [-0.3, -0.25) is 5.10 Å². The summed E-state index contributed by atoms with van der Waals surface area (Å²) in [6.07, 6.45) is 3.23. The quantitative estimate of drug-likeness (QED) is 0.651. The molecule has 7 nitrogen and oxygen atoms in total. The van der Waals surface area contributed by atoms with Crippen molar-refractivity contribution < 1.29 is 14.6 Å². The fraction of sp³-hybridized carbons (Fsp3) is 0.357. The smallest absolute Gasteiger partial charge is 0.216 e. The minimum Gasteiger partial charge on any atom is -0.503 e. The van der Waals surface area contributed by atoms with Crippen LogP contribution in [0, 0.1) is 4.77 Å². The zero-order valence-electron chi connectivity index (χ0n) is 12.3. The molecule has 1 aromatic heterocycles. The van der Waals surface area contributed by atoms with Gasteiger partial charge >= 0.3 is 0 Å². The average molecular weight is 355 g/mol. The summed E-state index contributed by atoms with van der Waals surface area (Å²) < 4.78 is 12.5. The van der Waals surface area contributed by atoms with E-state index < -0.39 is 0 Å². The van der Waals surface area contributed by atoms with Crippen LogP contribution >= 0.6 is 23.8 Å². The molecule has 1 aliphatic rings. The lowest BCUT2D eigenvalue weighted by atomic mass is 10.2. The number of methoxy groups -OCH3 is 1. The number of phenolic OH excluding ortho intramolecular Hbond substituents is 1. The Labute approximate surface area is 142 Å². The SMILES string of the molecule is COc1ccc(/C=N\n2c(C3CCCO3)n[nH]c2=S)c(Cl)c1O. The Balaban J connectivity index is 1.93. The lowest BCUT2D eigenvalue weighted by Crippen LogP contribution is -2.05. The van der Waals surface area contributed by atoms with Crippen molar-refractivity contribution in [1.82, 2.24) is 14.9 Å². The molecule has 9 heteroatoms. The van der Waals surface area contributed by atoms with Crippen molar-refractivity contribution in [3.63, 3.8) is 0 Å². The van der Waals surface area contributed by atoms with Crippen LogP contribution in [-0.4, -0.2) is 39.9 Å². The van der Waals surface area contributed by atoms with Crippen LogP contribution in [0.3, 0.4) is 0 Å². The average Bonchev–Trinajstić information content (AvgIpc) is 3.19. The number of nitrogens with one attached hydrogen (secondary N) is 1. The second kappa shape index (κ2) is 6.69. The van der Waals surface area contributed by atoms with Crippen molar-refractivity contribution >= 4 is 30.0 Å². The Kier molecular flexibility index (Phi) is 4.65.